The number of carbonyl (C=O) groups is 1. The van der Waals surface area contributed by atoms with Gasteiger partial charge in [-0.25, -0.2) is 0 Å². The van der Waals surface area contributed by atoms with Gasteiger partial charge in [0.2, 0.25) is 0 Å². The molecule has 0 aliphatic carbocycles. The van der Waals surface area contributed by atoms with Crippen LogP contribution < -0.4 is 10.1 Å². The Labute approximate surface area is 176 Å². The number of anilines is 2. The number of methoxy groups -OCH3 is 1. The molecule has 1 aliphatic heterocycles. The van der Waals surface area contributed by atoms with Gasteiger partial charge in [-0.1, -0.05) is 12.1 Å². The normalized spacial score (nSPS) is 16.2. The topological polar surface area (TPSA) is 67.3 Å². The Balaban J connectivity index is 1.52. The molecule has 1 aromatic carbocycles. The van der Waals surface area contributed by atoms with Crippen molar-refractivity contribution in [1.82, 2.24) is 14.9 Å². The molecule has 1 amide bonds. The molecular formula is C24H26N4O2. The fraction of sp³-hybridized carbons (Fsp3) is 0.292. The summed E-state index contributed by atoms with van der Waals surface area (Å²) >= 11 is 0. The summed E-state index contributed by atoms with van der Waals surface area (Å²) in [4.78, 5) is 23.7. The third-order valence-corrected chi connectivity index (χ3v) is 5.34. The average Bonchev–Trinajstić information content (AvgIpc) is 2.79. The zero-order chi connectivity index (χ0) is 20.9. The number of hydrogen-bond acceptors (Lipinski definition) is 5. The van der Waals surface area contributed by atoms with Crippen molar-refractivity contribution in [3.05, 3.63) is 77.9 Å². The van der Waals surface area contributed by atoms with Crippen molar-refractivity contribution in [2.75, 3.05) is 25.5 Å². The van der Waals surface area contributed by atoms with Crippen molar-refractivity contribution in [1.29, 1.82) is 0 Å². The predicted octanol–water partition coefficient (Wildman–Crippen LogP) is 4.56. The molecule has 2 aromatic heterocycles. The van der Waals surface area contributed by atoms with Crippen LogP contribution in [0.5, 0.6) is 5.75 Å². The maximum atomic E-state index is 12.8. The van der Waals surface area contributed by atoms with Crippen molar-refractivity contribution in [3.8, 4) is 5.75 Å². The number of pyridine rings is 2. The third kappa shape index (κ3) is 4.59. The Hall–Kier alpha value is -3.41. The summed E-state index contributed by atoms with van der Waals surface area (Å²) in [6.45, 7) is 3.41. The SMILES string of the molecule is COc1cccc(Nc2cc(C)nc([C@@H]3CCCN(C(=O)c4ccccn4)C3)c2)c1. The number of nitrogens with zero attached hydrogens (tertiary/aromatic N) is 3. The molecule has 0 unspecified atom stereocenters. The molecule has 3 heterocycles. The minimum Gasteiger partial charge on any atom is -0.497 e. The van der Waals surface area contributed by atoms with Gasteiger partial charge in [0.15, 0.2) is 0 Å². The van der Waals surface area contributed by atoms with E-state index in [0.717, 1.165) is 47.9 Å². The monoisotopic (exact) mass is 402 g/mol. The minimum absolute atomic E-state index is 0.0114. The Kier molecular flexibility index (Phi) is 5.93. The number of nitrogens with one attached hydrogen (secondary N) is 1. The van der Waals surface area contributed by atoms with E-state index in [-0.39, 0.29) is 11.8 Å². The summed E-state index contributed by atoms with van der Waals surface area (Å²) < 4.78 is 5.31. The van der Waals surface area contributed by atoms with E-state index in [9.17, 15) is 4.79 Å². The molecule has 1 atom stereocenters. The number of carbonyl (C=O) groups excluding carboxylic acids is 1. The Morgan fingerprint density at radius 2 is 2.03 bits per heavy atom. The second kappa shape index (κ2) is 8.95. The van der Waals surface area contributed by atoms with Crippen LogP contribution in [0, 0.1) is 6.92 Å². The van der Waals surface area contributed by atoms with Crippen LogP contribution >= 0.6 is 0 Å². The lowest BCUT2D eigenvalue weighted by molar-refractivity contribution is 0.0700. The second-order valence-corrected chi connectivity index (χ2v) is 7.58. The lowest BCUT2D eigenvalue weighted by Gasteiger charge is -2.32. The number of aromatic nitrogens is 2. The Morgan fingerprint density at radius 1 is 1.13 bits per heavy atom. The second-order valence-electron chi connectivity index (χ2n) is 7.58. The van der Waals surface area contributed by atoms with Crippen LogP contribution in [0.4, 0.5) is 11.4 Å². The maximum Gasteiger partial charge on any atom is 0.272 e. The van der Waals surface area contributed by atoms with E-state index in [1.54, 1.807) is 19.4 Å². The predicted molar refractivity (Wildman–Crippen MR) is 117 cm³/mol. The van der Waals surface area contributed by atoms with E-state index in [1.807, 2.05) is 54.3 Å². The number of hydrogen-bond donors (Lipinski definition) is 1. The number of amides is 1. The van der Waals surface area contributed by atoms with E-state index in [2.05, 4.69) is 16.4 Å². The van der Waals surface area contributed by atoms with Crippen LogP contribution in [0.15, 0.2) is 60.8 Å². The highest BCUT2D eigenvalue weighted by Crippen LogP contribution is 2.30. The molecule has 3 aromatic rings. The van der Waals surface area contributed by atoms with Gasteiger partial charge in [0.05, 0.1) is 7.11 Å². The van der Waals surface area contributed by atoms with E-state index in [4.69, 9.17) is 9.72 Å². The fourth-order valence-corrected chi connectivity index (χ4v) is 3.90. The van der Waals surface area contributed by atoms with Crippen molar-refractivity contribution in [2.24, 2.45) is 0 Å². The molecule has 0 radical (unpaired) electrons. The van der Waals surface area contributed by atoms with E-state index < -0.39 is 0 Å². The van der Waals surface area contributed by atoms with E-state index in [0.29, 0.717) is 12.2 Å². The molecule has 1 fully saturated rings. The molecule has 4 rings (SSSR count). The quantitative estimate of drug-likeness (QED) is 0.678. The van der Waals surface area contributed by atoms with Gasteiger partial charge < -0.3 is 15.0 Å². The number of likely N-dealkylation sites (tertiary alicyclic amines) is 1. The van der Waals surface area contributed by atoms with Crippen LogP contribution in [-0.4, -0.2) is 41.0 Å². The van der Waals surface area contributed by atoms with Crippen molar-refractivity contribution < 1.29 is 9.53 Å². The van der Waals surface area contributed by atoms with Gasteiger partial charge in [0, 0.05) is 54.0 Å². The lowest BCUT2D eigenvalue weighted by atomic mass is 9.93. The lowest BCUT2D eigenvalue weighted by Crippen LogP contribution is -2.39. The molecule has 1 saturated heterocycles. The molecule has 0 saturated carbocycles. The van der Waals surface area contributed by atoms with Crippen LogP contribution in [0.3, 0.4) is 0 Å². The van der Waals surface area contributed by atoms with Gasteiger partial charge in [-0.3, -0.25) is 14.8 Å². The summed E-state index contributed by atoms with van der Waals surface area (Å²) in [6, 6.07) is 17.4. The summed E-state index contributed by atoms with van der Waals surface area (Å²) in [5.41, 5.74) is 4.40. The first-order chi connectivity index (χ1) is 14.6. The molecule has 6 heteroatoms. The van der Waals surface area contributed by atoms with Gasteiger partial charge in [-0.15, -0.1) is 0 Å². The molecule has 1 N–H and O–H groups in total. The first-order valence-electron chi connectivity index (χ1n) is 10.2. The van der Waals surface area contributed by atoms with Gasteiger partial charge in [0.25, 0.3) is 5.91 Å². The zero-order valence-electron chi connectivity index (χ0n) is 17.3. The Bertz CT molecular complexity index is 1020. The number of piperidine rings is 1. The van der Waals surface area contributed by atoms with Crippen molar-refractivity contribution in [3.63, 3.8) is 0 Å². The van der Waals surface area contributed by atoms with Gasteiger partial charge >= 0.3 is 0 Å². The number of benzene rings is 1. The van der Waals surface area contributed by atoms with Crippen LogP contribution in [0.2, 0.25) is 0 Å². The summed E-state index contributed by atoms with van der Waals surface area (Å²) in [7, 11) is 1.66. The smallest absolute Gasteiger partial charge is 0.272 e. The molecule has 30 heavy (non-hydrogen) atoms. The molecule has 6 nitrogen and oxygen atoms in total. The fourth-order valence-electron chi connectivity index (χ4n) is 3.90. The highest BCUT2D eigenvalue weighted by molar-refractivity contribution is 5.92. The van der Waals surface area contributed by atoms with Crippen LogP contribution in [0.1, 0.15) is 40.6 Å². The molecule has 0 bridgehead atoms. The average molecular weight is 402 g/mol. The third-order valence-electron chi connectivity index (χ3n) is 5.34. The summed E-state index contributed by atoms with van der Waals surface area (Å²) in [6.07, 6.45) is 3.63. The highest BCUT2D eigenvalue weighted by Gasteiger charge is 2.27. The van der Waals surface area contributed by atoms with E-state index in [1.165, 1.54) is 0 Å². The minimum atomic E-state index is -0.0114. The van der Waals surface area contributed by atoms with Gasteiger partial charge in [-0.05, 0) is 56.2 Å². The first-order valence-corrected chi connectivity index (χ1v) is 10.2. The van der Waals surface area contributed by atoms with Crippen LogP contribution in [-0.2, 0) is 0 Å². The zero-order valence-corrected chi connectivity index (χ0v) is 17.3. The number of aryl methyl sites for hydroxylation is 1. The molecule has 0 spiro atoms. The largest absolute Gasteiger partial charge is 0.497 e. The first kappa shape index (κ1) is 19.9. The van der Waals surface area contributed by atoms with Crippen molar-refractivity contribution in [2.45, 2.75) is 25.7 Å². The summed E-state index contributed by atoms with van der Waals surface area (Å²) in [5.74, 6) is 1.00. The summed E-state index contributed by atoms with van der Waals surface area (Å²) in [5, 5.41) is 3.45. The standard InChI is InChI=1S/C24H26N4O2/c1-17-13-20(27-19-8-5-9-21(14-19)30-2)15-23(26-17)18-7-6-12-28(16-18)24(29)22-10-3-4-11-25-22/h3-5,8-11,13-15,18H,6-7,12,16H2,1-2H3,(H,26,27)/t18-/m1/s1. The van der Waals surface area contributed by atoms with Crippen molar-refractivity contribution >= 4 is 17.3 Å². The number of ether oxygens (including phenoxy) is 1. The van der Waals surface area contributed by atoms with Gasteiger partial charge in [0.1, 0.15) is 11.4 Å². The Morgan fingerprint density at radius 3 is 2.83 bits per heavy atom. The number of rotatable bonds is 5. The molecule has 1 aliphatic rings. The maximum absolute atomic E-state index is 12.8. The highest BCUT2D eigenvalue weighted by atomic mass is 16.5. The van der Waals surface area contributed by atoms with Gasteiger partial charge in [-0.2, -0.15) is 0 Å². The van der Waals surface area contributed by atoms with E-state index >= 15 is 0 Å². The van der Waals surface area contributed by atoms with Crippen LogP contribution in [0.25, 0.3) is 0 Å². The molecule has 154 valence electrons. The molecular weight excluding hydrogens is 376 g/mol.